The van der Waals surface area contributed by atoms with Gasteiger partial charge in [0, 0.05) is 0 Å². The van der Waals surface area contributed by atoms with Gasteiger partial charge in [-0.2, -0.15) is 0 Å². The molecule has 1 aliphatic heterocycles. The molecule has 0 amide bonds. The third-order valence-electron chi connectivity index (χ3n) is 3.23. The van der Waals surface area contributed by atoms with Crippen molar-refractivity contribution in [2.75, 3.05) is 39.6 Å². The van der Waals surface area contributed by atoms with Crippen molar-refractivity contribution in [1.29, 1.82) is 0 Å². The number of hydrogen-bond donors (Lipinski definition) is 0. The van der Waals surface area contributed by atoms with E-state index in [1.807, 2.05) is 44.2 Å². The van der Waals surface area contributed by atoms with Crippen LogP contribution in [0.2, 0.25) is 0 Å². The summed E-state index contributed by atoms with van der Waals surface area (Å²) in [6, 6.07) is 10.1. The number of benzene rings is 1. The summed E-state index contributed by atoms with van der Waals surface area (Å²) in [6.07, 6.45) is 0.0178. The zero-order valence-corrected chi connectivity index (χ0v) is 13.5. The van der Waals surface area contributed by atoms with E-state index in [-0.39, 0.29) is 6.10 Å². The van der Waals surface area contributed by atoms with Gasteiger partial charge in [0.15, 0.2) is 5.79 Å². The Kier molecular flexibility index (Phi) is 7.29. The van der Waals surface area contributed by atoms with Gasteiger partial charge < -0.3 is 23.7 Å². The van der Waals surface area contributed by atoms with Crippen LogP contribution in [0.15, 0.2) is 30.3 Å². The van der Waals surface area contributed by atoms with Gasteiger partial charge in [-0.1, -0.05) is 30.3 Å². The molecule has 5 heteroatoms. The van der Waals surface area contributed by atoms with Crippen molar-refractivity contribution in [3.8, 4) is 0 Å². The fourth-order valence-electron chi connectivity index (χ4n) is 2.16. The van der Waals surface area contributed by atoms with Crippen molar-refractivity contribution in [1.82, 2.24) is 0 Å². The zero-order valence-electron chi connectivity index (χ0n) is 13.5. The topological polar surface area (TPSA) is 46.2 Å². The number of rotatable bonds is 10. The molecule has 0 aliphatic carbocycles. The molecule has 1 saturated heterocycles. The lowest BCUT2D eigenvalue weighted by Gasteiger charge is -2.17. The van der Waals surface area contributed by atoms with Crippen molar-refractivity contribution in [2.24, 2.45) is 0 Å². The largest absolute Gasteiger partial charge is 0.377 e. The average molecular weight is 310 g/mol. The molecule has 0 aromatic heterocycles. The van der Waals surface area contributed by atoms with Gasteiger partial charge in [0.1, 0.15) is 6.10 Å². The molecule has 22 heavy (non-hydrogen) atoms. The van der Waals surface area contributed by atoms with Gasteiger partial charge >= 0.3 is 0 Å². The summed E-state index contributed by atoms with van der Waals surface area (Å²) >= 11 is 0. The molecule has 0 saturated carbocycles. The first kappa shape index (κ1) is 17.4. The summed E-state index contributed by atoms with van der Waals surface area (Å²) in [5.41, 5.74) is 1.17. The highest BCUT2D eigenvalue weighted by Gasteiger charge is 2.32. The van der Waals surface area contributed by atoms with Crippen LogP contribution in [0.1, 0.15) is 19.4 Å². The molecule has 1 atom stereocenters. The monoisotopic (exact) mass is 310 g/mol. The Labute approximate surface area is 132 Å². The molecule has 124 valence electrons. The smallest absolute Gasteiger partial charge is 0.163 e. The molecule has 0 radical (unpaired) electrons. The van der Waals surface area contributed by atoms with Gasteiger partial charge in [0.2, 0.25) is 0 Å². The molecule has 1 aromatic rings. The van der Waals surface area contributed by atoms with Crippen LogP contribution in [-0.2, 0) is 30.3 Å². The lowest BCUT2D eigenvalue weighted by atomic mass is 10.2. The maximum absolute atomic E-state index is 5.64. The van der Waals surface area contributed by atoms with Crippen LogP contribution < -0.4 is 0 Å². The van der Waals surface area contributed by atoms with E-state index in [9.17, 15) is 0 Å². The average Bonchev–Trinajstić information content (AvgIpc) is 2.86. The van der Waals surface area contributed by atoms with Crippen molar-refractivity contribution >= 4 is 0 Å². The quantitative estimate of drug-likeness (QED) is 0.621. The Morgan fingerprint density at radius 1 is 1.00 bits per heavy atom. The molecule has 1 aromatic carbocycles. The standard InChI is InChI=1S/C17H26O5/c1-17(2)21-14-16(22-17)13-20-11-9-18-8-10-19-12-15-6-4-3-5-7-15/h3-7,16H,8-14H2,1-2H3/t16-/m0/s1. The van der Waals surface area contributed by atoms with Gasteiger partial charge in [0.25, 0.3) is 0 Å². The first-order chi connectivity index (χ1) is 10.7. The van der Waals surface area contributed by atoms with Crippen molar-refractivity contribution in [3.05, 3.63) is 35.9 Å². The van der Waals surface area contributed by atoms with Crippen LogP contribution in [-0.4, -0.2) is 51.5 Å². The molecule has 2 rings (SSSR count). The minimum absolute atomic E-state index is 0.0178. The van der Waals surface area contributed by atoms with Crippen LogP contribution in [0.3, 0.4) is 0 Å². The lowest BCUT2D eigenvalue weighted by molar-refractivity contribution is -0.145. The lowest BCUT2D eigenvalue weighted by Crippen LogP contribution is -2.24. The third kappa shape index (κ3) is 6.85. The number of hydrogen-bond acceptors (Lipinski definition) is 5. The minimum atomic E-state index is -0.485. The van der Waals surface area contributed by atoms with Gasteiger partial charge in [-0.05, 0) is 19.4 Å². The van der Waals surface area contributed by atoms with E-state index >= 15 is 0 Å². The van der Waals surface area contributed by atoms with Gasteiger partial charge in [-0.3, -0.25) is 0 Å². The maximum Gasteiger partial charge on any atom is 0.163 e. The molecule has 0 unspecified atom stereocenters. The predicted molar refractivity (Wildman–Crippen MR) is 82.6 cm³/mol. The Morgan fingerprint density at radius 2 is 1.68 bits per heavy atom. The molecular formula is C17H26O5. The maximum atomic E-state index is 5.64. The van der Waals surface area contributed by atoms with Gasteiger partial charge in [-0.25, -0.2) is 0 Å². The number of ether oxygens (including phenoxy) is 5. The van der Waals surface area contributed by atoms with Crippen LogP contribution in [0, 0.1) is 0 Å². The van der Waals surface area contributed by atoms with Crippen molar-refractivity contribution < 1.29 is 23.7 Å². The van der Waals surface area contributed by atoms with Gasteiger partial charge in [0.05, 0.1) is 46.2 Å². The molecular weight excluding hydrogens is 284 g/mol. The first-order valence-corrected chi connectivity index (χ1v) is 7.75. The Bertz CT molecular complexity index is 407. The van der Waals surface area contributed by atoms with E-state index in [0.29, 0.717) is 46.2 Å². The second-order valence-corrected chi connectivity index (χ2v) is 5.68. The van der Waals surface area contributed by atoms with Crippen molar-refractivity contribution in [3.63, 3.8) is 0 Å². The van der Waals surface area contributed by atoms with Crippen LogP contribution in [0.25, 0.3) is 0 Å². The van der Waals surface area contributed by atoms with Crippen LogP contribution in [0.4, 0.5) is 0 Å². The van der Waals surface area contributed by atoms with E-state index < -0.39 is 5.79 Å². The van der Waals surface area contributed by atoms with E-state index in [1.54, 1.807) is 0 Å². The highest BCUT2D eigenvalue weighted by atomic mass is 16.7. The molecule has 1 aliphatic rings. The SMILES string of the molecule is CC1(C)OC[C@H](COCCOCCOCc2ccccc2)O1. The highest BCUT2D eigenvalue weighted by molar-refractivity contribution is 5.13. The third-order valence-corrected chi connectivity index (χ3v) is 3.23. The van der Waals surface area contributed by atoms with Crippen molar-refractivity contribution in [2.45, 2.75) is 32.3 Å². The van der Waals surface area contributed by atoms with E-state index in [1.165, 1.54) is 5.56 Å². The summed E-state index contributed by atoms with van der Waals surface area (Å²) < 4.78 is 27.6. The highest BCUT2D eigenvalue weighted by Crippen LogP contribution is 2.22. The second-order valence-electron chi connectivity index (χ2n) is 5.68. The van der Waals surface area contributed by atoms with Crippen LogP contribution in [0.5, 0.6) is 0 Å². The summed E-state index contributed by atoms with van der Waals surface area (Å²) in [5, 5.41) is 0. The zero-order chi connectivity index (χ0) is 15.7. The molecule has 0 N–H and O–H groups in total. The predicted octanol–water partition coefficient (Wildman–Crippen LogP) is 2.39. The Hall–Kier alpha value is -0.980. The Balaban J connectivity index is 1.37. The molecule has 1 fully saturated rings. The molecule has 0 spiro atoms. The van der Waals surface area contributed by atoms with E-state index in [2.05, 4.69) is 0 Å². The van der Waals surface area contributed by atoms with E-state index in [4.69, 9.17) is 23.7 Å². The minimum Gasteiger partial charge on any atom is -0.377 e. The Morgan fingerprint density at radius 3 is 2.36 bits per heavy atom. The van der Waals surface area contributed by atoms with Gasteiger partial charge in [-0.15, -0.1) is 0 Å². The summed E-state index contributed by atoms with van der Waals surface area (Å²) in [6.45, 7) is 7.84. The molecule has 1 heterocycles. The molecule has 5 nitrogen and oxygen atoms in total. The van der Waals surface area contributed by atoms with E-state index in [0.717, 1.165) is 0 Å². The molecule has 0 bridgehead atoms. The second kappa shape index (κ2) is 9.22. The summed E-state index contributed by atoms with van der Waals surface area (Å²) in [7, 11) is 0. The summed E-state index contributed by atoms with van der Waals surface area (Å²) in [5.74, 6) is -0.485. The normalized spacial score (nSPS) is 20.4. The fraction of sp³-hybridized carbons (Fsp3) is 0.647. The fourth-order valence-corrected chi connectivity index (χ4v) is 2.16. The summed E-state index contributed by atoms with van der Waals surface area (Å²) in [4.78, 5) is 0. The first-order valence-electron chi connectivity index (χ1n) is 7.75. The van der Waals surface area contributed by atoms with Crippen LogP contribution >= 0.6 is 0 Å².